The molecule has 0 aromatic heterocycles. The van der Waals surface area contributed by atoms with Crippen molar-refractivity contribution >= 4 is 35.5 Å². The van der Waals surface area contributed by atoms with Gasteiger partial charge in [-0.3, -0.25) is 20.0 Å². The number of aryl methyl sites for hydroxylation is 1. The second kappa shape index (κ2) is 26.5. The van der Waals surface area contributed by atoms with Crippen molar-refractivity contribution in [2.75, 3.05) is 5.01 Å². The second-order valence-electron chi connectivity index (χ2n) is 6.81. The van der Waals surface area contributed by atoms with E-state index in [4.69, 9.17) is 32.8 Å². The lowest BCUT2D eigenvalue weighted by Gasteiger charge is -2.19. The summed E-state index contributed by atoms with van der Waals surface area (Å²) in [6.45, 7) is 7.89. The Balaban J connectivity index is -0.000000461. The van der Waals surface area contributed by atoms with Crippen LogP contribution in [0.5, 0.6) is 0 Å². The summed E-state index contributed by atoms with van der Waals surface area (Å²) in [6.07, 6.45) is 9.72. The maximum atomic E-state index is 9.37. The van der Waals surface area contributed by atoms with E-state index in [2.05, 4.69) is 32.4 Å². The number of aliphatic carboxylic acids is 1. The number of nitrogens with one attached hydrogen (secondary N) is 1. The number of carbonyl (C=O) groups is 2. The third-order valence-electron chi connectivity index (χ3n) is 3.64. The molecule has 0 atom stereocenters. The van der Waals surface area contributed by atoms with E-state index >= 15 is 0 Å². The van der Waals surface area contributed by atoms with Gasteiger partial charge in [-0.05, 0) is 31.2 Å². The molecule has 0 radical (unpaired) electrons. The van der Waals surface area contributed by atoms with Gasteiger partial charge in [-0.1, -0.05) is 105 Å². The quantitative estimate of drug-likeness (QED) is 0.0794. The third kappa shape index (κ3) is 22.1. The first-order valence-corrected chi connectivity index (χ1v) is 11.7. The van der Waals surface area contributed by atoms with Crippen LogP contribution >= 0.6 is 11.6 Å². The van der Waals surface area contributed by atoms with Gasteiger partial charge in [0.2, 0.25) is 6.41 Å². The number of benzene rings is 3. The molecule has 3 aromatic carbocycles. The lowest BCUT2D eigenvalue weighted by molar-refractivity contribution is -0.136. The summed E-state index contributed by atoms with van der Waals surface area (Å²) < 4.78 is 0. The number of nitrogens with two attached hydrogens (primary N) is 2. The highest BCUT2D eigenvalue weighted by atomic mass is 35.5. The van der Waals surface area contributed by atoms with Crippen LogP contribution in [0.15, 0.2) is 84.9 Å². The van der Waals surface area contributed by atoms with E-state index in [9.17, 15) is 4.79 Å². The molecule has 0 aliphatic carbocycles. The number of primary amides is 1. The number of amides is 1. The van der Waals surface area contributed by atoms with Crippen molar-refractivity contribution in [1.82, 2.24) is 0 Å². The minimum Gasteiger partial charge on any atom is -0.481 e. The van der Waals surface area contributed by atoms with Gasteiger partial charge in [0.15, 0.2) is 0 Å². The number of amidine groups is 1. The lowest BCUT2D eigenvalue weighted by atomic mass is 10.2. The van der Waals surface area contributed by atoms with Crippen molar-refractivity contribution in [1.29, 1.82) is 5.41 Å². The van der Waals surface area contributed by atoms with Crippen LogP contribution in [0.2, 0.25) is 5.02 Å². The van der Waals surface area contributed by atoms with Gasteiger partial charge in [-0.15, -0.1) is 12.8 Å². The number of hydrogen-bond donors (Lipinski definition) is 4. The zero-order chi connectivity index (χ0) is 29.1. The molecule has 0 saturated carbocycles. The van der Waals surface area contributed by atoms with Crippen LogP contribution in [0, 0.1) is 25.2 Å². The molecule has 6 N–H and O–H groups in total. The zero-order valence-electron chi connectivity index (χ0n) is 22.0. The maximum Gasteiger partial charge on any atom is 0.303 e. The predicted octanol–water partition coefficient (Wildman–Crippen LogP) is 6.29. The number of carboxylic acids is 1. The fourth-order valence-corrected chi connectivity index (χ4v) is 2.11. The molecule has 3 rings (SSSR count). The number of nitrogens with zero attached hydrogens (tertiary/aromatic N) is 1. The molecule has 3 aromatic rings. The molecule has 0 spiro atoms. The largest absolute Gasteiger partial charge is 0.481 e. The van der Waals surface area contributed by atoms with Crippen LogP contribution in [-0.2, 0) is 9.59 Å². The number of hydrogen-bond acceptors (Lipinski definition) is 4. The lowest BCUT2D eigenvalue weighted by Crippen LogP contribution is -2.37. The number of para-hydroxylation sites is 1. The molecule has 0 bridgehead atoms. The third-order valence-corrected chi connectivity index (χ3v) is 3.89. The molecule has 0 unspecified atom stereocenters. The summed E-state index contributed by atoms with van der Waals surface area (Å²) in [6, 6.07) is 26.6. The summed E-state index contributed by atoms with van der Waals surface area (Å²) in [5, 5.41) is 17.9. The van der Waals surface area contributed by atoms with Crippen molar-refractivity contribution < 1.29 is 14.7 Å². The minimum atomic E-state index is -0.745. The Morgan fingerprint density at radius 1 is 0.946 bits per heavy atom. The molecule has 0 saturated heterocycles. The predicted molar refractivity (Wildman–Crippen MR) is 157 cm³/mol. The van der Waals surface area contributed by atoms with Crippen LogP contribution < -0.4 is 16.6 Å². The standard InChI is InChI=1S/C13H13N3.C7H7Cl.C3H6O2.C3H8.C2H2.CH3NO/c14-13(11-7-3-1-4-8-11)16(15)12-9-5-2-6-10-12;1-6-2-4-7(8)5-3-6;1-2-3(4)5;1-3-2;1-2;2-1-3/h1-10,14H,15H2;2-5H,1H3;2H2,1H3,(H,4,5);3H2,1-2H3;1-2H;1H,(H2,2,3). The van der Waals surface area contributed by atoms with E-state index in [1.807, 2.05) is 91.9 Å². The summed E-state index contributed by atoms with van der Waals surface area (Å²) in [4.78, 5) is 18.0. The fraction of sp³-hybridized carbons (Fsp3) is 0.207. The Kier molecular flexibility index (Phi) is 26.8. The Bertz CT molecular complexity index is 959. The Morgan fingerprint density at radius 2 is 1.30 bits per heavy atom. The normalized spacial score (nSPS) is 8.11. The Morgan fingerprint density at radius 3 is 1.62 bits per heavy atom. The zero-order valence-corrected chi connectivity index (χ0v) is 22.7. The first-order valence-electron chi connectivity index (χ1n) is 11.3. The van der Waals surface area contributed by atoms with Gasteiger partial charge in [-0.2, -0.15) is 0 Å². The molecule has 0 fully saturated rings. The van der Waals surface area contributed by atoms with Gasteiger partial charge < -0.3 is 10.8 Å². The molecule has 200 valence electrons. The van der Waals surface area contributed by atoms with Gasteiger partial charge in [-0.25, -0.2) is 5.84 Å². The van der Waals surface area contributed by atoms with Gasteiger partial charge in [0, 0.05) is 17.0 Å². The SMILES string of the molecule is C#C.CCC.CCC(=O)O.Cc1ccc(Cl)cc1.N=C(c1ccccc1)N(N)c1ccccc1.NC=O. The minimum absolute atomic E-state index is 0.222. The molecule has 0 heterocycles. The van der Waals surface area contributed by atoms with Crippen molar-refractivity contribution in [3.63, 3.8) is 0 Å². The molecule has 37 heavy (non-hydrogen) atoms. The molecular formula is C29H39ClN4O3. The summed E-state index contributed by atoms with van der Waals surface area (Å²) in [7, 11) is 0. The first kappa shape index (κ1) is 37.4. The molecule has 0 aliphatic rings. The highest BCUT2D eigenvalue weighted by molar-refractivity contribution is 6.30. The van der Waals surface area contributed by atoms with Crippen LogP contribution in [0.1, 0.15) is 44.7 Å². The van der Waals surface area contributed by atoms with Crippen LogP contribution in [0.4, 0.5) is 5.69 Å². The average molecular weight is 527 g/mol. The van der Waals surface area contributed by atoms with Crippen LogP contribution in [-0.4, -0.2) is 23.3 Å². The first-order chi connectivity index (χ1) is 17.7. The topological polar surface area (TPSA) is 134 Å². The monoisotopic (exact) mass is 526 g/mol. The summed E-state index contributed by atoms with van der Waals surface area (Å²) in [5.74, 6) is 5.42. The number of carboxylic acid groups (broad SMARTS) is 1. The molecule has 1 amide bonds. The van der Waals surface area contributed by atoms with Crippen LogP contribution in [0.25, 0.3) is 0 Å². The van der Waals surface area contributed by atoms with Crippen molar-refractivity contribution in [2.45, 2.75) is 40.5 Å². The van der Waals surface area contributed by atoms with Gasteiger partial charge in [0.25, 0.3) is 0 Å². The van der Waals surface area contributed by atoms with E-state index in [0.29, 0.717) is 0 Å². The van der Waals surface area contributed by atoms with E-state index < -0.39 is 5.97 Å². The summed E-state index contributed by atoms with van der Waals surface area (Å²) in [5.41, 5.74) is 7.01. The van der Waals surface area contributed by atoms with Crippen molar-refractivity contribution in [3.8, 4) is 12.8 Å². The number of rotatable bonds is 3. The molecular weight excluding hydrogens is 488 g/mol. The average Bonchev–Trinajstić information content (AvgIpc) is 2.93. The highest BCUT2D eigenvalue weighted by Gasteiger charge is 2.08. The van der Waals surface area contributed by atoms with Crippen molar-refractivity contribution in [2.24, 2.45) is 11.6 Å². The number of carbonyl (C=O) groups excluding carboxylic acids is 1. The second-order valence-corrected chi connectivity index (χ2v) is 7.24. The number of terminal acetylenes is 1. The van der Waals surface area contributed by atoms with Crippen LogP contribution in [0.3, 0.4) is 0 Å². The molecule has 8 heteroatoms. The van der Waals surface area contributed by atoms with E-state index in [-0.39, 0.29) is 18.7 Å². The Labute approximate surface area is 226 Å². The number of halogens is 1. The van der Waals surface area contributed by atoms with Gasteiger partial charge in [0.1, 0.15) is 5.84 Å². The number of hydrazine groups is 1. The number of anilines is 1. The van der Waals surface area contributed by atoms with Crippen molar-refractivity contribution in [3.05, 3.63) is 101 Å². The smallest absolute Gasteiger partial charge is 0.303 e. The van der Waals surface area contributed by atoms with E-state index in [1.54, 1.807) is 6.92 Å². The Hall–Kier alpha value is -4.12. The van der Waals surface area contributed by atoms with E-state index in [1.165, 1.54) is 17.0 Å². The molecule has 0 aliphatic heterocycles. The highest BCUT2D eigenvalue weighted by Crippen LogP contribution is 2.12. The molecule has 7 nitrogen and oxygen atoms in total. The van der Waals surface area contributed by atoms with Gasteiger partial charge in [0.05, 0.1) is 5.69 Å². The fourth-order valence-electron chi connectivity index (χ4n) is 1.99. The van der Waals surface area contributed by atoms with E-state index in [0.717, 1.165) is 16.3 Å². The van der Waals surface area contributed by atoms with Gasteiger partial charge >= 0.3 is 5.97 Å². The maximum absolute atomic E-state index is 9.37. The summed E-state index contributed by atoms with van der Waals surface area (Å²) >= 11 is 5.61.